The SMILES string of the molecule is C=CCn1ncc2c1-c1cc(Cl)ccc1N(C(=O)CC)C2. The van der Waals surface area contributed by atoms with Gasteiger partial charge in [-0.1, -0.05) is 24.6 Å². The third-order valence-electron chi connectivity index (χ3n) is 3.65. The average molecular weight is 302 g/mol. The van der Waals surface area contributed by atoms with Gasteiger partial charge in [-0.2, -0.15) is 5.10 Å². The van der Waals surface area contributed by atoms with Crippen molar-refractivity contribution in [3.05, 3.63) is 47.6 Å². The van der Waals surface area contributed by atoms with Gasteiger partial charge in [-0.3, -0.25) is 9.48 Å². The molecule has 0 atom stereocenters. The van der Waals surface area contributed by atoms with E-state index in [2.05, 4.69) is 11.7 Å². The topological polar surface area (TPSA) is 38.1 Å². The van der Waals surface area contributed by atoms with E-state index >= 15 is 0 Å². The number of nitrogens with zero attached hydrogens (tertiary/aromatic N) is 3. The standard InChI is InChI=1S/C16H16ClN3O/c1-3-7-20-16-11(9-18-20)10-19(15(21)4-2)14-6-5-12(17)8-13(14)16/h3,5-6,8-9H,1,4,7,10H2,2H3. The zero-order valence-electron chi connectivity index (χ0n) is 11.8. The van der Waals surface area contributed by atoms with Gasteiger partial charge >= 0.3 is 0 Å². The van der Waals surface area contributed by atoms with Gasteiger partial charge in [0.2, 0.25) is 5.91 Å². The Morgan fingerprint density at radius 3 is 3.05 bits per heavy atom. The predicted octanol–water partition coefficient (Wildman–Crippen LogP) is 3.65. The molecule has 0 fully saturated rings. The minimum absolute atomic E-state index is 0.0979. The van der Waals surface area contributed by atoms with Crippen LogP contribution < -0.4 is 4.90 Å². The molecule has 1 aromatic heterocycles. The fourth-order valence-corrected chi connectivity index (χ4v) is 2.89. The highest BCUT2D eigenvalue weighted by molar-refractivity contribution is 6.31. The van der Waals surface area contributed by atoms with Gasteiger partial charge in [-0.05, 0) is 18.2 Å². The van der Waals surface area contributed by atoms with Crippen LogP contribution in [0.2, 0.25) is 5.02 Å². The molecule has 3 rings (SSSR count). The number of hydrogen-bond acceptors (Lipinski definition) is 2. The van der Waals surface area contributed by atoms with Gasteiger partial charge in [0.1, 0.15) is 0 Å². The van der Waals surface area contributed by atoms with Crippen LogP contribution in [0.5, 0.6) is 0 Å². The highest BCUT2D eigenvalue weighted by Crippen LogP contribution is 2.40. The van der Waals surface area contributed by atoms with E-state index in [-0.39, 0.29) is 5.91 Å². The molecule has 1 aromatic carbocycles. The fourth-order valence-electron chi connectivity index (χ4n) is 2.71. The van der Waals surface area contributed by atoms with E-state index in [1.807, 2.05) is 36.0 Å². The van der Waals surface area contributed by atoms with Crippen molar-refractivity contribution < 1.29 is 4.79 Å². The van der Waals surface area contributed by atoms with Crippen LogP contribution in [-0.4, -0.2) is 15.7 Å². The average Bonchev–Trinajstić information content (AvgIpc) is 2.89. The fraction of sp³-hybridized carbons (Fsp3) is 0.250. The van der Waals surface area contributed by atoms with Gasteiger partial charge in [-0.15, -0.1) is 6.58 Å². The van der Waals surface area contributed by atoms with E-state index in [9.17, 15) is 4.79 Å². The lowest BCUT2D eigenvalue weighted by atomic mass is 9.99. The highest BCUT2D eigenvalue weighted by atomic mass is 35.5. The maximum Gasteiger partial charge on any atom is 0.227 e. The van der Waals surface area contributed by atoms with E-state index in [1.165, 1.54) is 0 Å². The summed E-state index contributed by atoms with van der Waals surface area (Å²) in [6.45, 7) is 6.81. The molecule has 0 saturated heterocycles. The Labute approximate surface area is 128 Å². The second-order valence-corrected chi connectivity index (χ2v) is 5.42. The van der Waals surface area contributed by atoms with Crippen LogP contribution in [0.1, 0.15) is 18.9 Å². The Morgan fingerprint density at radius 2 is 2.33 bits per heavy atom. The van der Waals surface area contributed by atoms with Gasteiger partial charge in [0, 0.05) is 22.6 Å². The molecule has 1 amide bonds. The molecular weight excluding hydrogens is 286 g/mol. The number of anilines is 1. The second-order valence-electron chi connectivity index (χ2n) is 4.98. The predicted molar refractivity (Wildman–Crippen MR) is 84.4 cm³/mol. The van der Waals surface area contributed by atoms with Crippen molar-refractivity contribution in [1.82, 2.24) is 9.78 Å². The molecule has 5 heteroatoms. The van der Waals surface area contributed by atoms with Crippen molar-refractivity contribution in [2.45, 2.75) is 26.4 Å². The van der Waals surface area contributed by atoms with E-state index in [0.29, 0.717) is 24.5 Å². The number of carbonyl (C=O) groups is 1. The number of halogens is 1. The molecule has 1 aliphatic heterocycles. The van der Waals surface area contributed by atoms with Gasteiger partial charge in [0.25, 0.3) is 0 Å². The molecule has 2 heterocycles. The first-order valence-electron chi connectivity index (χ1n) is 6.91. The van der Waals surface area contributed by atoms with Crippen molar-refractivity contribution in [2.24, 2.45) is 0 Å². The van der Waals surface area contributed by atoms with Crippen molar-refractivity contribution in [1.29, 1.82) is 0 Å². The van der Waals surface area contributed by atoms with Gasteiger partial charge in [0.15, 0.2) is 0 Å². The van der Waals surface area contributed by atoms with Crippen molar-refractivity contribution in [3.8, 4) is 11.3 Å². The Morgan fingerprint density at radius 1 is 1.52 bits per heavy atom. The monoisotopic (exact) mass is 301 g/mol. The number of aromatic nitrogens is 2. The Kier molecular flexibility index (Phi) is 3.55. The molecule has 0 aliphatic carbocycles. The highest BCUT2D eigenvalue weighted by Gasteiger charge is 2.28. The molecule has 4 nitrogen and oxygen atoms in total. The van der Waals surface area contributed by atoms with E-state index < -0.39 is 0 Å². The molecular formula is C16H16ClN3O. The smallest absolute Gasteiger partial charge is 0.227 e. The quantitative estimate of drug-likeness (QED) is 0.812. The first-order chi connectivity index (χ1) is 10.2. The molecule has 21 heavy (non-hydrogen) atoms. The van der Waals surface area contributed by atoms with Crippen LogP contribution in [0.25, 0.3) is 11.3 Å². The van der Waals surface area contributed by atoms with E-state index in [1.54, 1.807) is 11.0 Å². The van der Waals surface area contributed by atoms with Gasteiger partial charge < -0.3 is 4.90 Å². The summed E-state index contributed by atoms with van der Waals surface area (Å²) >= 11 is 6.15. The lowest BCUT2D eigenvalue weighted by Gasteiger charge is -2.30. The van der Waals surface area contributed by atoms with Crippen LogP contribution in [0, 0.1) is 0 Å². The maximum atomic E-state index is 12.2. The molecule has 2 aromatic rings. The number of rotatable bonds is 3. The van der Waals surface area contributed by atoms with Crippen LogP contribution in [0.4, 0.5) is 5.69 Å². The first-order valence-corrected chi connectivity index (χ1v) is 7.29. The molecule has 0 spiro atoms. The van der Waals surface area contributed by atoms with E-state index in [4.69, 9.17) is 11.6 Å². The summed E-state index contributed by atoms with van der Waals surface area (Å²) in [7, 11) is 0. The lowest BCUT2D eigenvalue weighted by molar-refractivity contribution is -0.118. The minimum Gasteiger partial charge on any atom is -0.307 e. The van der Waals surface area contributed by atoms with Crippen molar-refractivity contribution in [2.75, 3.05) is 4.90 Å². The number of fused-ring (bicyclic) bond motifs is 3. The summed E-state index contributed by atoms with van der Waals surface area (Å²) in [6, 6.07) is 5.61. The molecule has 108 valence electrons. The van der Waals surface area contributed by atoms with Gasteiger partial charge in [-0.25, -0.2) is 0 Å². The molecule has 1 aliphatic rings. The molecule has 0 saturated carbocycles. The van der Waals surface area contributed by atoms with Crippen LogP contribution in [0.3, 0.4) is 0 Å². The normalized spacial score (nSPS) is 12.8. The molecule has 0 radical (unpaired) electrons. The largest absolute Gasteiger partial charge is 0.307 e. The Bertz CT molecular complexity index is 720. The van der Waals surface area contributed by atoms with E-state index in [0.717, 1.165) is 22.5 Å². The van der Waals surface area contributed by atoms with Crippen molar-refractivity contribution >= 4 is 23.2 Å². The van der Waals surface area contributed by atoms with Crippen LogP contribution in [-0.2, 0) is 17.9 Å². The molecule has 0 N–H and O–H groups in total. The third kappa shape index (κ3) is 2.25. The number of amides is 1. The zero-order chi connectivity index (χ0) is 15.0. The number of hydrogen-bond donors (Lipinski definition) is 0. The van der Waals surface area contributed by atoms with Gasteiger partial charge in [0.05, 0.1) is 30.7 Å². The third-order valence-corrected chi connectivity index (χ3v) is 3.89. The number of carbonyl (C=O) groups excluding carboxylic acids is 1. The summed E-state index contributed by atoms with van der Waals surface area (Å²) in [5, 5.41) is 5.05. The second kappa shape index (κ2) is 5.37. The summed E-state index contributed by atoms with van der Waals surface area (Å²) < 4.78 is 1.89. The minimum atomic E-state index is 0.0979. The summed E-state index contributed by atoms with van der Waals surface area (Å²) in [4.78, 5) is 14.0. The summed E-state index contributed by atoms with van der Waals surface area (Å²) in [5.74, 6) is 0.0979. The van der Waals surface area contributed by atoms with Crippen molar-refractivity contribution in [3.63, 3.8) is 0 Å². The summed E-state index contributed by atoms with van der Waals surface area (Å²) in [6.07, 6.45) is 4.10. The Hall–Kier alpha value is -2.07. The summed E-state index contributed by atoms with van der Waals surface area (Å²) in [5.41, 5.74) is 3.90. The first kappa shape index (κ1) is 13.9. The molecule has 0 bridgehead atoms. The molecule has 0 unspecified atom stereocenters. The number of allylic oxidation sites excluding steroid dienone is 1. The number of benzene rings is 1. The maximum absolute atomic E-state index is 12.2. The lowest BCUT2D eigenvalue weighted by Crippen LogP contribution is -2.32. The van der Waals surface area contributed by atoms with Crippen LogP contribution in [0.15, 0.2) is 37.1 Å². The zero-order valence-corrected chi connectivity index (χ0v) is 12.6. The Balaban J connectivity index is 2.20. The van der Waals surface area contributed by atoms with Crippen LogP contribution >= 0.6 is 11.6 Å².